The zero-order chi connectivity index (χ0) is 17.4. The normalized spacial score (nSPS) is 11.2. The Hall–Kier alpha value is -2.43. The van der Waals surface area contributed by atoms with Crippen LogP contribution in [0.4, 0.5) is 5.69 Å². The van der Waals surface area contributed by atoms with Crippen LogP contribution in [0.25, 0.3) is 16.9 Å². The van der Waals surface area contributed by atoms with Crippen LogP contribution in [0.15, 0.2) is 18.2 Å². The zero-order valence-corrected chi connectivity index (χ0v) is 15.4. The molecular formula is C19H25N5. The van der Waals surface area contributed by atoms with Crippen LogP contribution in [0, 0.1) is 27.7 Å². The summed E-state index contributed by atoms with van der Waals surface area (Å²) in [6.07, 6.45) is 0. The molecule has 0 radical (unpaired) electrons. The van der Waals surface area contributed by atoms with Gasteiger partial charge < -0.3 is 4.90 Å². The summed E-state index contributed by atoms with van der Waals surface area (Å²) in [5.74, 6) is 0. The van der Waals surface area contributed by atoms with Crippen molar-refractivity contribution < 1.29 is 0 Å². The molecule has 0 N–H and O–H groups in total. The lowest BCUT2D eigenvalue weighted by Crippen LogP contribution is -2.22. The van der Waals surface area contributed by atoms with Gasteiger partial charge in [0.25, 0.3) is 0 Å². The first-order valence-electron chi connectivity index (χ1n) is 8.52. The summed E-state index contributed by atoms with van der Waals surface area (Å²) in [6.45, 7) is 14.6. The van der Waals surface area contributed by atoms with Gasteiger partial charge in [-0.05, 0) is 58.7 Å². The topological polar surface area (TPSA) is 46.8 Å². The molecule has 126 valence electrons. The number of anilines is 1. The zero-order valence-electron chi connectivity index (χ0n) is 15.4. The van der Waals surface area contributed by atoms with Crippen LogP contribution in [0.2, 0.25) is 0 Å². The molecule has 0 saturated heterocycles. The van der Waals surface area contributed by atoms with Crippen molar-refractivity contribution in [2.24, 2.45) is 0 Å². The summed E-state index contributed by atoms with van der Waals surface area (Å²) >= 11 is 0. The van der Waals surface area contributed by atoms with Gasteiger partial charge in [-0.25, -0.2) is 4.98 Å². The fraction of sp³-hybridized carbons (Fsp3) is 0.421. The van der Waals surface area contributed by atoms with Crippen molar-refractivity contribution in [2.45, 2.75) is 41.5 Å². The average molecular weight is 323 g/mol. The minimum atomic E-state index is 0.826. The van der Waals surface area contributed by atoms with Crippen molar-refractivity contribution in [3.63, 3.8) is 0 Å². The van der Waals surface area contributed by atoms with E-state index in [-0.39, 0.29) is 0 Å². The fourth-order valence-corrected chi connectivity index (χ4v) is 3.47. The molecule has 0 fully saturated rings. The minimum absolute atomic E-state index is 0.826. The number of fused-ring (bicyclic) bond motifs is 1. The number of hydrogen-bond acceptors (Lipinski definition) is 4. The predicted molar refractivity (Wildman–Crippen MR) is 99.2 cm³/mol. The average Bonchev–Trinajstić information content (AvgIpc) is 2.91. The molecule has 0 bridgehead atoms. The third-order valence-corrected chi connectivity index (χ3v) is 4.47. The molecule has 24 heavy (non-hydrogen) atoms. The Morgan fingerprint density at radius 1 is 0.958 bits per heavy atom. The molecule has 1 aromatic carbocycles. The standard InChI is InChI=1S/C19H25N5/c1-7-23(8-2)16-11-15(6)20-19-17(16)21-22-24(19)18-13(4)9-12(3)10-14(18)5/h9-11H,7-8H2,1-6H3. The van der Waals surface area contributed by atoms with E-state index in [9.17, 15) is 0 Å². The first-order chi connectivity index (χ1) is 11.5. The third kappa shape index (κ3) is 2.64. The van der Waals surface area contributed by atoms with Crippen molar-refractivity contribution >= 4 is 16.9 Å². The van der Waals surface area contributed by atoms with Crippen LogP contribution in [-0.4, -0.2) is 33.1 Å². The molecule has 5 nitrogen and oxygen atoms in total. The summed E-state index contributed by atoms with van der Waals surface area (Å²) in [4.78, 5) is 7.04. The highest BCUT2D eigenvalue weighted by atomic mass is 15.4. The molecule has 0 aliphatic carbocycles. The molecule has 3 aromatic rings. The Balaban J connectivity index is 2.29. The Morgan fingerprint density at radius 2 is 1.58 bits per heavy atom. The van der Waals surface area contributed by atoms with Gasteiger partial charge in [0.2, 0.25) is 0 Å². The molecule has 2 heterocycles. The van der Waals surface area contributed by atoms with Crippen LogP contribution in [0.3, 0.4) is 0 Å². The van der Waals surface area contributed by atoms with Gasteiger partial charge in [0, 0.05) is 18.8 Å². The van der Waals surface area contributed by atoms with Crippen LogP contribution >= 0.6 is 0 Å². The van der Waals surface area contributed by atoms with E-state index >= 15 is 0 Å². The molecule has 2 aromatic heterocycles. The highest BCUT2D eigenvalue weighted by Gasteiger charge is 2.18. The third-order valence-electron chi connectivity index (χ3n) is 4.47. The van der Waals surface area contributed by atoms with E-state index in [1.54, 1.807) is 0 Å². The molecule has 0 amide bonds. The maximum absolute atomic E-state index is 4.74. The van der Waals surface area contributed by atoms with E-state index in [4.69, 9.17) is 4.98 Å². The van der Waals surface area contributed by atoms with E-state index in [0.717, 1.165) is 41.3 Å². The van der Waals surface area contributed by atoms with Crippen molar-refractivity contribution in [1.82, 2.24) is 20.0 Å². The second kappa shape index (κ2) is 6.23. The summed E-state index contributed by atoms with van der Waals surface area (Å²) < 4.78 is 1.89. The van der Waals surface area contributed by atoms with Crippen molar-refractivity contribution in [1.29, 1.82) is 0 Å². The van der Waals surface area contributed by atoms with Gasteiger partial charge in [0.05, 0.1) is 11.4 Å². The van der Waals surface area contributed by atoms with Gasteiger partial charge in [-0.1, -0.05) is 22.9 Å². The fourth-order valence-electron chi connectivity index (χ4n) is 3.47. The van der Waals surface area contributed by atoms with E-state index < -0.39 is 0 Å². The molecule has 0 aliphatic heterocycles. The van der Waals surface area contributed by atoms with E-state index in [2.05, 4.69) is 68.0 Å². The molecule has 0 unspecified atom stereocenters. The summed E-state index contributed by atoms with van der Waals surface area (Å²) in [5.41, 5.74) is 8.49. The number of pyridine rings is 1. The summed E-state index contributed by atoms with van der Waals surface area (Å²) in [5, 5.41) is 8.91. The highest BCUT2D eigenvalue weighted by molar-refractivity contribution is 5.87. The van der Waals surface area contributed by atoms with Crippen LogP contribution in [-0.2, 0) is 0 Å². The Bertz CT molecular complexity index is 867. The van der Waals surface area contributed by atoms with Crippen LogP contribution in [0.1, 0.15) is 36.2 Å². The van der Waals surface area contributed by atoms with Gasteiger partial charge in [-0.3, -0.25) is 0 Å². The lowest BCUT2D eigenvalue weighted by molar-refractivity contribution is 0.805. The Kier molecular flexibility index (Phi) is 4.26. The van der Waals surface area contributed by atoms with Gasteiger partial charge in [0.15, 0.2) is 11.2 Å². The minimum Gasteiger partial charge on any atom is -0.370 e. The highest BCUT2D eigenvalue weighted by Crippen LogP contribution is 2.28. The summed E-state index contributed by atoms with van der Waals surface area (Å²) in [7, 11) is 0. The number of rotatable bonds is 4. The first kappa shape index (κ1) is 16.4. The van der Waals surface area contributed by atoms with E-state index in [0.29, 0.717) is 0 Å². The van der Waals surface area contributed by atoms with Gasteiger partial charge >= 0.3 is 0 Å². The monoisotopic (exact) mass is 323 g/mol. The number of hydrogen-bond donors (Lipinski definition) is 0. The lowest BCUT2D eigenvalue weighted by Gasteiger charge is -2.21. The molecule has 0 spiro atoms. The first-order valence-corrected chi connectivity index (χ1v) is 8.52. The van der Waals surface area contributed by atoms with Crippen molar-refractivity contribution in [2.75, 3.05) is 18.0 Å². The second-order valence-corrected chi connectivity index (χ2v) is 6.38. The van der Waals surface area contributed by atoms with Crippen molar-refractivity contribution in [3.05, 3.63) is 40.6 Å². The molecule has 0 saturated carbocycles. The summed E-state index contributed by atoms with van der Waals surface area (Å²) in [6, 6.07) is 6.46. The Morgan fingerprint density at radius 3 is 2.17 bits per heavy atom. The SMILES string of the molecule is CCN(CC)c1cc(C)nc2c1nnn2-c1c(C)cc(C)cc1C. The number of nitrogens with zero attached hydrogens (tertiary/aromatic N) is 5. The smallest absolute Gasteiger partial charge is 0.186 e. The molecular weight excluding hydrogens is 298 g/mol. The predicted octanol–water partition coefficient (Wildman–Crippen LogP) is 3.90. The van der Waals surface area contributed by atoms with Gasteiger partial charge in [-0.2, -0.15) is 4.68 Å². The molecule has 0 aliphatic rings. The van der Waals surface area contributed by atoms with Crippen molar-refractivity contribution in [3.8, 4) is 5.69 Å². The van der Waals surface area contributed by atoms with Crippen LogP contribution in [0.5, 0.6) is 0 Å². The van der Waals surface area contributed by atoms with Gasteiger partial charge in [0.1, 0.15) is 0 Å². The largest absolute Gasteiger partial charge is 0.370 e. The maximum atomic E-state index is 4.74. The lowest BCUT2D eigenvalue weighted by atomic mass is 10.1. The van der Waals surface area contributed by atoms with E-state index in [1.165, 1.54) is 16.7 Å². The van der Waals surface area contributed by atoms with E-state index in [1.807, 2.05) is 11.6 Å². The number of benzene rings is 1. The quantitative estimate of drug-likeness (QED) is 0.730. The second-order valence-electron chi connectivity index (χ2n) is 6.38. The number of aromatic nitrogens is 4. The number of aryl methyl sites for hydroxylation is 4. The van der Waals surface area contributed by atoms with Gasteiger partial charge in [-0.15, -0.1) is 5.10 Å². The molecule has 5 heteroatoms. The Labute approximate surface area is 143 Å². The maximum Gasteiger partial charge on any atom is 0.186 e. The molecule has 0 atom stereocenters. The molecule has 3 rings (SSSR count). The van der Waals surface area contributed by atoms with Crippen LogP contribution < -0.4 is 4.90 Å².